The Bertz CT molecular complexity index is 235. The van der Waals surface area contributed by atoms with E-state index in [1.54, 1.807) is 18.2 Å². The Morgan fingerprint density at radius 2 is 1.90 bits per heavy atom. The van der Waals surface area contributed by atoms with E-state index in [4.69, 9.17) is 16.6 Å². The maximum absolute atomic E-state index is 7.22. The Labute approximate surface area is 59.3 Å². The minimum Gasteiger partial charge on any atom is -0.326 e. The SMILES string of the molecule is N=C1C=CC(CN)=CC1=N. The second kappa shape index (κ2) is 2.58. The lowest BCUT2D eigenvalue weighted by Gasteiger charge is -2.04. The molecule has 0 aliphatic heterocycles. The minimum atomic E-state index is 0.239. The van der Waals surface area contributed by atoms with Gasteiger partial charge in [0.05, 0.1) is 11.4 Å². The van der Waals surface area contributed by atoms with Gasteiger partial charge in [-0.3, -0.25) is 10.8 Å². The van der Waals surface area contributed by atoms with Crippen molar-refractivity contribution in [3.05, 3.63) is 23.8 Å². The summed E-state index contributed by atoms with van der Waals surface area (Å²) in [7, 11) is 0. The van der Waals surface area contributed by atoms with Crippen LogP contribution in [0.2, 0.25) is 0 Å². The van der Waals surface area contributed by atoms with Crippen molar-refractivity contribution in [2.24, 2.45) is 5.73 Å². The third-order valence-corrected chi connectivity index (χ3v) is 1.32. The molecule has 1 aliphatic rings. The topological polar surface area (TPSA) is 73.7 Å². The molecular formula is C7H9N3. The van der Waals surface area contributed by atoms with Crippen LogP contribution in [-0.4, -0.2) is 18.0 Å². The number of nitrogens with two attached hydrogens (primary N) is 1. The molecule has 0 aromatic heterocycles. The molecule has 0 aromatic rings. The molecule has 1 rings (SSSR count). The normalized spacial score (nSPS) is 17.5. The molecule has 0 heterocycles. The van der Waals surface area contributed by atoms with Crippen LogP contribution in [0, 0.1) is 10.8 Å². The lowest BCUT2D eigenvalue weighted by Crippen LogP contribution is -2.13. The fraction of sp³-hybridized carbons (Fsp3) is 0.143. The number of rotatable bonds is 1. The quantitative estimate of drug-likeness (QED) is 0.449. The smallest absolute Gasteiger partial charge is 0.0792 e. The average Bonchev–Trinajstić information content (AvgIpc) is 1.95. The summed E-state index contributed by atoms with van der Waals surface area (Å²) < 4.78 is 0. The van der Waals surface area contributed by atoms with Gasteiger partial charge in [0, 0.05) is 6.54 Å². The van der Waals surface area contributed by atoms with Gasteiger partial charge in [-0.25, -0.2) is 0 Å². The predicted molar refractivity (Wildman–Crippen MR) is 41.7 cm³/mol. The van der Waals surface area contributed by atoms with Crippen molar-refractivity contribution in [2.75, 3.05) is 6.54 Å². The number of allylic oxidation sites excluding steroid dienone is 2. The maximum Gasteiger partial charge on any atom is 0.0792 e. The Hall–Kier alpha value is -1.22. The van der Waals surface area contributed by atoms with Crippen LogP contribution in [0.1, 0.15) is 0 Å². The van der Waals surface area contributed by atoms with E-state index in [2.05, 4.69) is 0 Å². The highest BCUT2D eigenvalue weighted by atomic mass is 14.5. The summed E-state index contributed by atoms with van der Waals surface area (Å²) >= 11 is 0. The van der Waals surface area contributed by atoms with E-state index >= 15 is 0 Å². The zero-order valence-electron chi connectivity index (χ0n) is 5.52. The molecule has 3 nitrogen and oxygen atoms in total. The molecule has 0 saturated carbocycles. The zero-order chi connectivity index (χ0) is 7.56. The molecule has 0 saturated heterocycles. The molecule has 3 heteroatoms. The fourth-order valence-electron chi connectivity index (χ4n) is 0.718. The summed E-state index contributed by atoms with van der Waals surface area (Å²) in [5, 5.41) is 14.4. The molecule has 0 bridgehead atoms. The molecule has 0 amide bonds. The standard InChI is InChI=1S/C7H9N3/c8-4-5-1-2-6(9)7(10)3-5/h1-3,9-10H,4,8H2. The molecule has 0 spiro atoms. The second-order valence-electron chi connectivity index (χ2n) is 2.08. The van der Waals surface area contributed by atoms with E-state index in [1.165, 1.54) is 0 Å². The van der Waals surface area contributed by atoms with Crippen LogP contribution >= 0.6 is 0 Å². The molecule has 0 aromatic carbocycles. The van der Waals surface area contributed by atoms with Crippen molar-refractivity contribution in [1.29, 1.82) is 10.8 Å². The largest absolute Gasteiger partial charge is 0.326 e. The van der Waals surface area contributed by atoms with Crippen molar-refractivity contribution in [2.45, 2.75) is 0 Å². The highest BCUT2D eigenvalue weighted by Gasteiger charge is 2.03. The van der Waals surface area contributed by atoms with Gasteiger partial charge >= 0.3 is 0 Å². The van der Waals surface area contributed by atoms with Gasteiger partial charge < -0.3 is 5.73 Å². The molecule has 52 valence electrons. The monoisotopic (exact) mass is 135 g/mol. The Balaban J connectivity index is 2.86. The van der Waals surface area contributed by atoms with E-state index in [-0.39, 0.29) is 11.4 Å². The molecule has 4 N–H and O–H groups in total. The van der Waals surface area contributed by atoms with E-state index in [9.17, 15) is 0 Å². The summed E-state index contributed by atoms with van der Waals surface area (Å²) in [5.74, 6) is 0. The van der Waals surface area contributed by atoms with Crippen molar-refractivity contribution in [1.82, 2.24) is 0 Å². The van der Waals surface area contributed by atoms with Crippen LogP contribution in [0.15, 0.2) is 23.8 Å². The summed E-state index contributed by atoms with van der Waals surface area (Å²) in [4.78, 5) is 0. The maximum atomic E-state index is 7.22. The van der Waals surface area contributed by atoms with Gasteiger partial charge in [0.1, 0.15) is 0 Å². The van der Waals surface area contributed by atoms with Crippen LogP contribution < -0.4 is 5.73 Å². The van der Waals surface area contributed by atoms with Crippen LogP contribution in [0.4, 0.5) is 0 Å². The Morgan fingerprint density at radius 1 is 1.20 bits per heavy atom. The third-order valence-electron chi connectivity index (χ3n) is 1.32. The van der Waals surface area contributed by atoms with Crippen molar-refractivity contribution >= 4 is 11.4 Å². The molecule has 1 aliphatic carbocycles. The van der Waals surface area contributed by atoms with Gasteiger partial charge in [-0.05, 0) is 17.7 Å². The zero-order valence-corrected chi connectivity index (χ0v) is 5.52. The van der Waals surface area contributed by atoms with Gasteiger partial charge in [0.15, 0.2) is 0 Å². The van der Waals surface area contributed by atoms with E-state index in [0.717, 1.165) is 5.57 Å². The van der Waals surface area contributed by atoms with Crippen molar-refractivity contribution in [3.63, 3.8) is 0 Å². The number of nitrogens with one attached hydrogen (secondary N) is 2. The van der Waals surface area contributed by atoms with Crippen molar-refractivity contribution in [3.8, 4) is 0 Å². The summed E-state index contributed by atoms with van der Waals surface area (Å²) in [6.45, 7) is 0.437. The second-order valence-corrected chi connectivity index (χ2v) is 2.08. The Kier molecular flexibility index (Phi) is 1.78. The van der Waals surface area contributed by atoms with Crippen molar-refractivity contribution < 1.29 is 0 Å². The molecular weight excluding hydrogens is 126 g/mol. The molecule has 0 atom stereocenters. The van der Waals surface area contributed by atoms with E-state index < -0.39 is 0 Å². The first kappa shape index (κ1) is 6.89. The van der Waals surface area contributed by atoms with E-state index in [1.807, 2.05) is 0 Å². The molecule has 10 heavy (non-hydrogen) atoms. The first-order valence-electron chi connectivity index (χ1n) is 3.00. The van der Waals surface area contributed by atoms with Crippen LogP contribution in [0.3, 0.4) is 0 Å². The van der Waals surface area contributed by atoms with Gasteiger partial charge in [-0.2, -0.15) is 0 Å². The van der Waals surface area contributed by atoms with Crippen LogP contribution in [0.25, 0.3) is 0 Å². The highest BCUT2D eigenvalue weighted by molar-refractivity contribution is 6.49. The van der Waals surface area contributed by atoms with Crippen LogP contribution in [0.5, 0.6) is 0 Å². The number of hydrogen-bond acceptors (Lipinski definition) is 3. The minimum absolute atomic E-state index is 0.239. The average molecular weight is 135 g/mol. The van der Waals surface area contributed by atoms with Crippen LogP contribution in [-0.2, 0) is 0 Å². The fourth-order valence-corrected chi connectivity index (χ4v) is 0.718. The summed E-state index contributed by atoms with van der Waals surface area (Å²) in [6, 6.07) is 0. The third kappa shape index (κ3) is 1.19. The molecule has 0 fully saturated rings. The van der Waals surface area contributed by atoms with E-state index in [0.29, 0.717) is 6.54 Å². The summed E-state index contributed by atoms with van der Waals surface area (Å²) in [6.07, 6.45) is 4.97. The highest BCUT2D eigenvalue weighted by Crippen LogP contribution is 2.02. The van der Waals surface area contributed by atoms with Gasteiger partial charge in [-0.1, -0.05) is 6.08 Å². The molecule has 0 radical (unpaired) electrons. The lowest BCUT2D eigenvalue weighted by atomic mass is 10.0. The first-order valence-corrected chi connectivity index (χ1v) is 3.00. The molecule has 0 unspecified atom stereocenters. The van der Waals surface area contributed by atoms with Gasteiger partial charge in [0.2, 0.25) is 0 Å². The first-order chi connectivity index (χ1) is 4.74. The lowest BCUT2D eigenvalue weighted by molar-refractivity contribution is 1.19. The van der Waals surface area contributed by atoms with Gasteiger partial charge in [-0.15, -0.1) is 0 Å². The summed E-state index contributed by atoms with van der Waals surface area (Å²) in [5.41, 5.74) is 6.71. The number of hydrogen-bond donors (Lipinski definition) is 3. The Morgan fingerprint density at radius 3 is 2.40 bits per heavy atom. The van der Waals surface area contributed by atoms with Gasteiger partial charge in [0.25, 0.3) is 0 Å². The predicted octanol–water partition coefficient (Wildman–Crippen LogP) is 0.481.